The van der Waals surface area contributed by atoms with Gasteiger partial charge >= 0.3 is 0 Å². The molecule has 0 fully saturated rings. The number of aromatic nitrogens is 6. The van der Waals surface area contributed by atoms with Gasteiger partial charge in [0.25, 0.3) is 0 Å². The molecule has 1 aliphatic carbocycles. The normalized spacial score (nSPS) is 12.1. The summed E-state index contributed by atoms with van der Waals surface area (Å²) in [5, 5.41) is 20.1. The van der Waals surface area contributed by atoms with Gasteiger partial charge in [-0.25, -0.2) is 0 Å². The van der Waals surface area contributed by atoms with Crippen molar-refractivity contribution in [3.63, 3.8) is 0 Å². The summed E-state index contributed by atoms with van der Waals surface area (Å²) in [5.74, 6) is 0. The summed E-state index contributed by atoms with van der Waals surface area (Å²) < 4.78 is 23.8. The first-order chi connectivity index (χ1) is 72.9. The van der Waals surface area contributed by atoms with Crippen LogP contribution in [0.5, 0.6) is 0 Å². The molecule has 32 rings (SSSR count). The molecule has 0 radical (unpaired) electrons. The Bertz CT molecular complexity index is 10700. The second-order valence-corrected chi connectivity index (χ2v) is 39.9. The van der Waals surface area contributed by atoms with Gasteiger partial charge in [-0.15, -0.1) is 11.3 Å². The van der Waals surface area contributed by atoms with E-state index in [9.17, 15) is 0 Å². The molecular weight excluding hydrogens is 1800 g/mol. The average Bonchev–Trinajstić information content (AvgIpc) is 1.06. The zero-order valence-corrected chi connectivity index (χ0v) is 80.7. The third-order valence-corrected chi connectivity index (χ3v) is 32.0. The fourth-order valence-corrected chi connectivity index (χ4v) is 25.2. The third kappa shape index (κ3) is 13.5. The lowest BCUT2D eigenvalue weighted by Crippen LogP contribution is -1.96. The summed E-state index contributed by atoms with van der Waals surface area (Å²) in [5.41, 5.74) is 40.8. The zero-order valence-electron chi connectivity index (χ0n) is 79.9. The smallest absolute Gasteiger partial charge is 0.143 e. The molecule has 1 aliphatic rings. The molecule has 0 atom stereocenters. The summed E-state index contributed by atoms with van der Waals surface area (Å²) >= 11 is 1.86. The van der Waals surface area contributed by atoms with Crippen molar-refractivity contribution in [2.24, 2.45) is 0 Å². The van der Waals surface area contributed by atoms with Crippen LogP contribution in [0.1, 0.15) is 11.1 Å². The lowest BCUT2D eigenvalue weighted by Gasteiger charge is -2.12. The molecule has 8 aromatic heterocycles. The number of nitrogens with zero attached hydrogens (tertiary/aromatic N) is 6. The Morgan fingerprint density at radius 1 is 0.143 bits per heavy atom. The minimum absolute atomic E-state index is 0.915. The van der Waals surface area contributed by atoms with E-state index in [4.69, 9.17) is 4.42 Å². The van der Waals surface area contributed by atoms with Crippen molar-refractivity contribution >= 4 is 184 Å². The van der Waals surface area contributed by atoms with Crippen molar-refractivity contribution in [1.29, 1.82) is 0 Å². The second-order valence-electron chi connectivity index (χ2n) is 38.8. The van der Waals surface area contributed by atoms with Gasteiger partial charge in [0.2, 0.25) is 0 Å². The van der Waals surface area contributed by atoms with E-state index >= 15 is 0 Å². The predicted molar refractivity (Wildman–Crippen MR) is 621 cm³/mol. The highest BCUT2D eigenvalue weighted by molar-refractivity contribution is 7.25. The molecule has 0 spiro atoms. The molecule has 31 aromatic rings. The Labute approximate surface area is 849 Å². The minimum atomic E-state index is 0.915. The molecule has 0 aliphatic heterocycles. The van der Waals surface area contributed by atoms with E-state index in [1.54, 1.807) is 0 Å². The van der Waals surface area contributed by atoms with Gasteiger partial charge < -0.3 is 31.8 Å². The van der Waals surface area contributed by atoms with Gasteiger partial charge in [-0.2, -0.15) is 0 Å². The Morgan fingerprint density at radius 2 is 0.415 bits per heavy atom. The van der Waals surface area contributed by atoms with E-state index in [1.165, 1.54) is 218 Å². The maximum atomic E-state index is 6.73. The van der Waals surface area contributed by atoms with Crippen LogP contribution >= 0.6 is 11.3 Å². The van der Waals surface area contributed by atoms with Crippen LogP contribution in [0.3, 0.4) is 0 Å². The number of rotatable bonds is 11. The largest absolute Gasteiger partial charge is 0.455 e. The van der Waals surface area contributed by atoms with Crippen LogP contribution in [0.4, 0.5) is 0 Å². The van der Waals surface area contributed by atoms with Crippen LogP contribution in [0.15, 0.2) is 526 Å². The molecule has 8 heterocycles. The Balaban J connectivity index is 0.000000102. The molecule has 0 N–H and O–H groups in total. The van der Waals surface area contributed by atoms with Crippen molar-refractivity contribution in [2.75, 3.05) is 0 Å². The summed E-state index contributed by atoms with van der Waals surface area (Å²) in [6.45, 7) is 0. The number of furan rings is 1. The molecule has 0 bridgehead atoms. The summed E-state index contributed by atoms with van der Waals surface area (Å²) in [6.07, 6.45) is 1.02. The van der Waals surface area contributed by atoms with Gasteiger partial charge in [-0.05, 0) is 243 Å². The SMILES string of the molecule is c1cc(-c2ccc(-c3ccc4c(c3)-c3ccccc3C4)cc2)cc(-n2c3ccccc3c3cc(-n4c5ccccc5c5ccccc54)ccc32)c1.c1ccc(-c2cccc3c2oc2c(-c4ccc(-n5c6ccccc6c6cc(-n7c8ccccc8c8ccccc87)ccc65)cc4)cccc23)cc1.c1ccc2c(c1)sc1ccc(-c3ccc(-n4c5ccccc5c5cc(-n6c7ccccc7c7ccccc76)ccc54)cc3)cc12. The van der Waals surface area contributed by atoms with Crippen molar-refractivity contribution < 1.29 is 4.42 Å². The number of fused-ring (bicyclic) bond motifs is 27. The molecule has 23 aromatic carbocycles. The number of benzene rings is 23. The zero-order chi connectivity index (χ0) is 96.4. The highest BCUT2D eigenvalue weighted by Gasteiger charge is 2.26. The van der Waals surface area contributed by atoms with Crippen molar-refractivity contribution in [1.82, 2.24) is 27.4 Å². The number of thiophene rings is 1. The fourth-order valence-electron chi connectivity index (χ4n) is 24.1. The standard InChI is InChI=1S/C49H32N2.C48H30N2O.C42H26N2S/c1-2-13-40-36(10-1)28-37-25-24-35(30-44(37)40)33-22-20-32(21-23-33)34-11-9-12-38(29-34)50-48-19-8-5-16-43(48)45-31-39(26-27-49(45)50)51-46-17-6-3-14-41(46)42-15-4-7-18-47(42)51;1-2-12-31(13-3-1)35-17-10-19-40-41-20-11-18-36(48(41)51-47(35)40)32-24-26-33(27-25-32)49-45-23-9-6-16-39(45)42-30-34(28-29-46(42)49)50-43-21-7-4-14-37(43)38-15-5-8-22-44(38)50;1-5-13-37-31(9-1)32-10-2-6-14-38(32)44(37)30-22-23-40-35(26-30)33-11-3-7-15-39(33)43(40)29-20-17-27(18-21-29)28-19-24-42-36(25-28)34-12-4-8-16-41(34)45-42/h1-27,29-31H,28H2;1-30H;1-26H. The molecule has 0 unspecified atom stereocenters. The molecule has 8 heteroatoms. The monoisotopic (exact) mass is 1890 g/mol. The van der Waals surface area contributed by atoms with E-state index in [1.807, 2.05) is 17.4 Å². The molecule has 0 amide bonds. The van der Waals surface area contributed by atoms with Gasteiger partial charge in [-0.1, -0.05) is 352 Å². The number of hydrogen-bond acceptors (Lipinski definition) is 2. The average molecular weight is 1890 g/mol. The molecule has 0 saturated heterocycles. The first-order valence-electron chi connectivity index (χ1n) is 50.5. The van der Waals surface area contributed by atoms with E-state index < -0.39 is 0 Å². The van der Waals surface area contributed by atoms with Crippen LogP contribution in [-0.2, 0) is 6.42 Å². The topological polar surface area (TPSA) is 42.7 Å². The number of hydrogen-bond donors (Lipinski definition) is 0. The van der Waals surface area contributed by atoms with Gasteiger partial charge in [0, 0.05) is 141 Å². The van der Waals surface area contributed by atoms with Gasteiger partial charge in [0.15, 0.2) is 0 Å². The Hall–Kier alpha value is -19.1. The van der Waals surface area contributed by atoms with Crippen molar-refractivity contribution in [2.45, 2.75) is 6.42 Å². The lowest BCUT2D eigenvalue weighted by atomic mass is 9.96. The maximum Gasteiger partial charge on any atom is 0.143 e. The van der Waals surface area contributed by atoms with Gasteiger partial charge in [-0.3, -0.25) is 0 Å². The summed E-state index contributed by atoms with van der Waals surface area (Å²) in [7, 11) is 0. The van der Waals surface area contributed by atoms with E-state index in [-0.39, 0.29) is 0 Å². The van der Waals surface area contributed by atoms with E-state index in [0.717, 1.165) is 73.4 Å². The molecule has 147 heavy (non-hydrogen) atoms. The van der Waals surface area contributed by atoms with Crippen molar-refractivity contribution in [3.8, 4) is 101 Å². The van der Waals surface area contributed by atoms with Crippen LogP contribution < -0.4 is 0 Å². The fraction of sp³-hybridized carbons (Fsp3) is 0.00719. The highest BCUT2D eigenvalue weighted by atomic mass is 32.1. The predicted octanol–water partition coefficient (Wildman–Crippen LogP) is 37.8. The van der Waals surface area contributed by atoms with Crippen LogP contribution in [0.25, 0.3) is 274 Å². The first-order valence-corrected chi connectivity index (χ1v) is 51.3. The van der Waals surface area contributed by atoms with Gasteiger partial charge in [0.05, 0.1) is 66.2 Å². The van der Waals surface area contributed by atoms with Crippen molar-refractivity contribution in [3.05, 3.63) is 533 Å². The molecule has 686 valence electrons. The van der Waals surface area contributed by atoms with E-state index in [0.29, 0.717) is 0 Å². The number of para-hydroxylation sites is 11. The Kier molecular flexibility index (Phi) is 19.2. The highest BCUT2D eigenvalue weighted by Crippen LogP contribution is 2.48. The van der Waals surface area contributed by atoms with E-state index in [2.05, 4.69) is 543 Å². The quantitative estimate of drug-likeness (QED) is 0.127. The minimum Gasteiger partial charge on any atom is -0.455 e. The summed E-state index contributed by atoms with van der Waals surface area (Å²) in [6, 6.07) is 190. The third-order valence-electron chi connectivity index (χ3n) is 30.8. The maximum absolute atomic E-state index is 6.73. The molecule has 0 saturated carbocycles. The Morgan fingerprint density at radius 3 is 0.850 bits per heavy atom. The van der Waals surface area contributed by atoms with Gasteiger partial charge in [0.1, 0.15) is 11.2 Å². The van der Waals surface area contributed by atoms with Crippen LogP contribution in [0.2, 0.25) is 0 Å². The molecule has 7 nitrogen and oxygen atoms in total. The van der Waals surface area contributed by atoms with Crippen LogP contribution in [-0.4, -0.2) is 27.4 Å². The lowest BCUT2D eigenvalue weighted by molar-refractivity contribution is 0.671. The first kappa shape index (κ1) is 83.6. The summed E-state index contributed by atoms with van der Waals surface area (Å²) in [4.78, 5) is 0. The molecular formula is C139H88N6OS. The second kappa shape index (κ2) is 33.8. The van der Waals surface area contributed by atoms with Crippen LogP contribution in [0, 0.1) is 0 Å².